The summed E-state index contributed by atoms with van der Waals surface area (Å²) < 4.78 is 13.3. The van der Waals surface area contributed by atoms with Gasteiger partial charge in [0.15, 0.2) is 0 Å². The first-order valence-corrected chi connectivity index (χ1v) is 6.56. The molecule has 0 bridgehead atoms. The molecule has 2 nitrogen and oxygen atoms in total. The zero-order chi connectivity index (χ0) is 13.0. The van der Waals surface area contributed by atoms with E-state index in [0.29, 0.717) is 16.7 Å². The molecule has 0 aromatic heterocycles. The third kappa shape index (κ3) is 3.22. The summed E-state index contributed by atoms with van der Waals surface area (Å²) in [6, 6.07) is 6.39. The normalized spacial score (nSPS) is 18.1. The van der Waals surface area contributed by atoms with Crippen LogP contribution in [-0.4, -0.2) is 6.54 Å². The highest BCUT2D eigenvalue weighted by Gasteiger charge is 2.26. The highest BCUT2D eigenvalue weighted by atomic mass is 19.1. The Balaban J connectivity index is 2.01. The van der Waals surface area contributed by atoms with E-state index in [4.69, 9.17) is 5.26 Å². The van der Waals surface area contributed by atoms with Gasteiger partial charge in [0.05, 0.1) is 11.6 Å². The highest BCUT2D eigenvalue weighted by molar-refractivity contribution is 5.49. The van der Waals surface area contributed by atoms with Crippen molar-refractivity contribution in [1.29, 1.82) is 5.26 Å². The third-order valence-electron chi connectivity index (χ3n) is 3.81. The Morgan fingerprint density at radius 3 is 2.67 bits per heavy atom. The summed E-state index contributed by atoms with van der Waals surface area (Å²) in [6.07, 6.45) is 6.34. The predicted octanol–water partition coefficient (Wildman–Crippen LogP) is 4.08. The van der Waals surface area contributed by atoms with Gasteiger partial charge in [0.25, 0.3) is 0 Å². The molecular formula is C15H19FN2. The quantitative estimate of drug-likeness (QED) is 0.872. The third-order valence-corrected chi connectivity index (χ3v) is 3.81. The lowest BCUT2D eigenvalue weighted by Gasteiger charge is -2.34. The summed E-state index contributed by atoms with van der Waals surface area (Å²) in [5.41, 5.74) is 1.38. The van der Waals surface area contributed by atoms with Crippen molar-refractivity contribution in [2.75, 3.05) is 11.9 Å². The van der Waals surface area contributed by atoms with Gasteiger partial charge in [0, 0.05) is 12.2 Å². The van der Waals surface area contributed by atoms with Crippen LogP contribution in [0, 0.1) is 22.6 Å². The molecule has 1 aromatic rings. The molecule has 1 aliphatic carbocycles. The van der Waals surface area contributed by atoms with Gasteiger partial charge in [-0.1, -0.05) is 26.2 Å². The van der Waals surface area contributed by atoms with Gasteiger partial charge < -0.3 is 5.32 Å². The smallest absolute Gasteiger partial charge is 0.126 e. The molecule has 0 spiro atoms. The first-order chi connectivity index (χ1) is 8.61. The summed E-state index contributed by atoms with van der Waals surface area (Å²) in [4.78, 5) is 0. The van der Waals surface area contributed by atoms with E-state index in [2.05, 4.69) is 12.2 Å². The fraction of sp³-hybridized carbons (Fsp3) is 0.533. The Bertz CT molecular complexity index is 456. The number of hydrogen-bond acceptors (Lipinski definition) is 2. The van der Waals surface area contributed by atoms with Crippen molar-refractivity contribution in [3.63, 3.8) is 0 Å². The predicted molar refractivity (Wildman–Crippen MR) is 70.8 cm³/mol. The molecule has 0 unspecified atom stereocenters. The van der Waals surface area contributed by atoms with Crippen LogP contribution in [0.2, 0.25) is 0 Å². The highest BCUT2D eigenvalue weighted by Crippen LogP contribution is 2.35. The average Bonchev–Trinajstić information content (AvgIpc) is 2.37. The number of hydrogen-bond donors (Lipinski definition) is 1. The number of nitriles is 1. The molecule has 1 saturated carbocycles. The van der Waals surface area contributed by atoms with Crippen molar-refractivity contribution < 1.29 is 4.39 Å². The molecule has 3 heteroatoms. The number of anilines is 1. The minimum absolute atomic E-state index is 0.303. The van der Waals surface area contributed by atoms with Crippen LogP contribution in [-0.2, 0) is 0 Å². The van der Waals surface area contributed by atoms with Crippen molar-refractivity contribution in [3.8, 4) is 6.07 Å². The van der Waals surface area contributed by atoms with E-state index in [1.54, 1.807) is 6.07 Å². The maximum Gasteiger partial charge on any atom is 0.126 e. The summed E-state index contributed by atoms with van der Waals surface area (Å²) in [5, 5.41) is 12.1. The summed E-state index contributed by atoms with van der Waals surface area (Å²) in [7, 11) is 0. The molecular weight excluding hydrogens is 227 g/mol. The Labute approximate surface area is 108 Å². The van der Waals surface area contributed by atoms with Crippen molar-refractivity contribution in [3.05, 3.63) is 29.6 Å². The van der Waals surface area contributed by atoms with Crippen LogP contribution in [0.25, 0.3) is 0 Å². The van der Waals surface area contributed by atoms with E-state index in [0.717, 1.165) is 6.54 Å². The summed E-state index contributed by atoms with van der Waals surface area (Å²) in [6.45, 7) is 3.13. The lowest BCUT2D eigenvalue weighted by molar-refractivity contribution is 0.233. The molecule has 2 rings (SSSR count). The average molecular weight is 246 g/mol. The van der Waals surface area contributed by atoms with E-state index in [1.165, 1.54) is 44.2 Å². The minimum Gasteiger partial charge on any atom is -0.384 e. The second-order valence-electron chi connectivity index (χ2n) is 5.57. The zero-order valence-electron chi connectivity index (χ0n) is 10.8. The molecule has 1 fully saturated rings. The largest absolute Gasteiger partial charge is 0.384 e. The van der Waals surface area contributed by atoms with Gasteiger partial charge in [0.1, 0.15) is 5.82 Å². The van der Waals surface area contributed by atoms with Crippen LogP contribution < -0.4 is 5.32 Å². The van der Waals surface area contributed by atoms with E-state index < -0.39 is 0 Å². The molecule has 0 aliphatic heterocycles. The molecule has 1 aliphatic rings. The van der Waals surface area contributed by atoms with Gasteiger partial charge in [-0.05, 0) is 36.5 Å². The number of benzene rings is 1. The maximum absolute atomic E-state index is 13.3. The number of nitrogens with one attached hydrogen (secondary N) is 1. The maximum atomic E-state index is 13.3. The van der Waals surface area contributed by atoms with Crippen LogP contribution in [0.3, 0.4) is 0 Å². The molecule has 0 heterocycles. The van der Waals surface area contributed by atoms with E-state index in [1.807, 2.05) is 6.07 Å². The molecule has 18 heavy (non-hydrogen) atoms. The van der Waals surface area contributed by atoms with Crippen LogP contribution in [0.4, 0.5) is 10.1 Å². The first kappa shape index (κ1) is 12.9. The van der Waals surface area contributed by atoms with Crippen molar-refractivity contribution in [1.82, 2.24) is 0 Å². The molecule has 96 valence electrons. The molecule has 0 amide bonds. The molecule has 1 N–H and O–H groups in total. The zero-order valence-corrected chi connectivity index (χ0v) is 10.8. The van der Waals surface area contributed by atoms with Gasteiger partial charge in [0.2, 0.25) is 0 Å². The first-order valence-electron chi connectivity index (χ1n) is 6.56. The van der Waals surface area contributed by atoms with E-state index >= 15 is 0 Å². The Morgan fingerprint density at radius 1 is 1.28 bits per heavy atom. The van der Waals surface area contributed by atoms with Crippen LogP contribution in [0.15, 0.2) is 18.2 Å². The molecule has 0 saturated heterocycles. The van der Waals surface area contributed by atoms with Gasteiger partial charge in [-0.2, -0.15) is 5.26 Å². The number of halogens is 1. The summed E-state index contributed by atoms with van der Waals surface area (Å²) in [5.74, 6) is -0.356. The number of rotatable bonds is 3. The SMILES string of the molecule is CC1(CNc2cc(F)cc(C#N)c2)CCCCC1. The second kappa shape index (κ2) is 5.39. The molecule has 0 radical (unpaired) electrons. The Morgan fingerprint density at radius 2 is 2.00 bits per heavy atom. The van der Waals surface area contributed by atoms with Crippen molar-refractivity contribution >= 4 is 5.69 Å². The van der Waals surface area contributed by atoms with Crippen molar-refractivity contribution in [2.45, 2.75) is 39.0 Å². The summed E-state index contributed by atoms with van der Waals surface area (Å²) >= 11 is 0. The molecule has 0 atom stereocenters. The Kier molecular flexibility index (Phi) is 3.86. The van der Waals surface area contributed by atoms with Gasteiger partial charge >= 0.3 is 0 Å². The van der Waals surface area contributed by atoms with Crippen LogP contribution in [0.5, 0.6) is 0 Å². The molecule has 1 aromatic carbocycles. The monoisotopic (exact) mass is 246 g/mol. The number of nitrogens with zero attached hydrogens (tertiary/aromatic N) is 1. The standard InChI is InChI=1S/C15H19FN2/c1-15(5-3-2-4-6-15)11-18-14-8-12(10-17)7-13(16)9-14/h7-9,18H,2-6,11H2,1H3. The fourth-order valence-electron chi connectivity index (χ4n) is 2.65. The second-order valence-corrected chi connectivity index (χ2v) is 5.57. The van der Waals surface area contributed by atoms with E-state index in [-0.39, 0.29) is 5.82 Å². The van der Waals surface area contributed by atoms with Gasteiger partial charge in [-0.15, -0.1) is 0 Å². The lowest BCUT2D eigenvalue weighted by Crippen LogP contribution is -2.28. The Hall–Kier alpha value is -1.56. The van der Waals surface area contributed by atoms with Crippen molar-refractivity contribution in [2.24, 2.45) is 5.41 Å². The topological polar surface area (TPSA) is 35.8 Å². The lowest BCUT2D eigenvalue weighted by atomic mass is 9.76. The minimum atomic E-state index is -0.356. The van der Waals surface area contributed by atoms with Gasteiger partial charge in [-0.3, -0.25) is 0 Å². The van der Waals surface area contributed by atoms with E-state index in [9.17, 15) is 4.39 Å². The van der Waals surface area contributed by atoms with Crippen LogP contribution >= 0.6 is 0 Å². The fourth-order valence-corrected chi connectivity index (χ4v) is 2.65. The van der Waals surface area contributed by atoms with Crippen LogP contribution in [0.1, 0.15) is 44.6 Å². The van der Waals surface area contributed by atoms with Gasteiger partial charge in [-0.25, -0.2) is 4.39 Å².